The first-order chi connectivity index (χ1) is 9.56. The Labute approximate surface area is 116 Å². The largest absolute Gasteiger partial charge is 0.343 e. The lowest BCUT2D eigenvalue weighted by Gasteiger charge is -2.08. The highest BCUT2D eigenvalue weighted by Crippen LogP contribution is 2.28. The van der Waals surface area contributed by atoms with Gasteiger partial charge in [-0.15, -0.1) is 0 Å². The predicted octanol–water partition coefficient (Wildman–Crippen LogP) is 0.282. The third-order valence-corrected chi connectivity index (χ3v) is 2.96. The van der Waals surface area contributed by atoms with E-state index in [4.69, 9.17) is 0 Å². The highest BCUT2D eigenvalue weighted by Gasteiger charge is 2.29. The van der Waals surface area contributed by atoms with Gasteiger partial charge in [0.05, 0.1) is 6.54 Å². The first-order valence-electron chi connectivity index (χ1n) is 6.50. The van der Waals surface area contributed by atoms with E-state index in [-0.39, 0.29) is 24.3 Å². The van der Waals surface area contributed by atoms with Gasteiger partial charge in [0, 0.05) is 11.5 Å². The minimum Gasteiger partial charge on any atom is -0.343 e. The van der Waals surface area contributed by atoms with Crippen LogP contribution in [-0.2, 0) is 9.59 Å². The lowest BCUT2D eigenvalue weighted by molar-refractivity contribution is -0.129. The number of nitrogens with one attached hydrogen (secondary N) is 3. The second-order valence-electron chi connectivity index (χ2n) is 4.86. The van der Waals surface area contributed by atoms with Crippen LogP contribution in [0.3, 0.4) is 0 Å². The molecule has 20 heavy (non-hydrogen) atoms. The van der Waals surface area contributed by atoms with E-state index in [0.717, 1.165) is 18.4 Å². The number of carbonyl (C=O) groups excluding carboxylic acids is 3. The average molecular weight is 275 g/mol. The number of hydrogen-bond acceptors (Lipinski definition) is 3. The van der Waals surface area contributed by atoms with E-state index >= 15 is 0 Å². The standard InChI is InChI=1S/C14H17N3O3/c1-9-3-2-4-11(7-9)13(19)15-8-12(18)16-17-14(20)10-5-6-10/h2-4,7,10H,5-6,8H2,1H3,(H,15,19)(H,16,18)(H,17,20). The molecule has 3 amide bonds. The average Bonchev–Trinajstić information content (AvgIpc) is 3.26. The molecular weight excluding hydrogens is 258 g/mol. The van der Waals surface area contributed by atoms with Crippen LogP contribution in [0.2, 0.25) is 0 Å². The first kappa shape index (κ1) is 14.0. The van der Waals surface area contributed by atoms with Crippen molar-refractivity contribution >= 4 is 17.7 Å². The molecule has 0 radical (unpaired) electrons. The fourth-order valence-corrected chi connectivity index (χ4v) is 1.67. The summed E-state index contributed by atoms with van der Waals surface area (Å²) in [5, 5.41) is 2.49. The number of hydrogen-bond donors (Lipinski definition) is 3. The molecule has 106 valence electrons. The summed E-state index contributed by atoms with van der Waals surface area (Å²) in [6, 6.07) is 7.08. The summed E-state index contributed by atoms with van der Waals surface area (Å²) in [6.45, 7) is 1.70. The van der Waals surface area contributed by atoms with E-state index in [2.05, 4.69) is 16.2 Å². The van der Waals surface area contributed by atoms with Gasteiger partial charge < -0.3 is 5.32 Å². The Kier molecular flexibility index (Phi) is 4.34. The van der Waals surface area contributed by atoms with Gasteiger partial charge in [0.25, 0.3) is 11.8 Å². The van der Waals surface area contributed by atoms with Crippen LogP contribution < -0.4 is 16.2 Å². The maximum atomic E-state index is 11.8. The van der Waals surface area contributed by atoms with Crippen LogP contribution in [0, 0.1) is 12.8 Å². The van der Waals surface area contributed by atoms with Crippen LogP contribution in [-0.4, -0.2) is 24.3 Å². The molecule has 1 aromatic carbocycles. The van der Waals surface area contributed by atoms with Crippen LogP contribution in [0.25, 0.3) is 0 Å². The van der Waals surface area contributed by atoms with Gasteiger partial charge >= 0.3 is 0 Å². The zero-order valence-corrected chi connectivity index (χ0v) is 11.2. The van der Waals surface area contributed by atoms with E-state index in [1.807, 2.05) is 13.0 Å². The quantitative estimate of drug-likeness (QED) is 0.690. The minimum absolute atomic E-state index is 0.0252. The highest BCUT2D eigenvalue weighted by molar-refractivity contribution is 5.96. The molecule has 0 heterocycles. The molecule has 1 saturated carbocycles. The van der Waals surface area contributed by atoms with E-state index in [1.165, 1.54) is 0 Å². The molecule has 0 saturated heterocycles. The summed E-state index contributed by atoms with van der Waals surface area (Å²) in [7, 11) is 0. The van der Waals surface area contributed by atoms with E-state index < -0.39 is 5.91 Å². The molecule has 0 bridgehead atoms. The Bertz CT molecular complexity index is 538. The lowest BCUT2D eigenvalue weighted by atomic mass is 10.1. The molecule has 1 aliphatic carbocycles. The summed E-state index contributed by atoms with van der Waals surface area (Å²) in [4.78, 5) is 34.5. The smallest absolute Gasteiger partial charge is 0.257 e. The van der Waals surface area contributed by atoms with Gasteiger partial charge in [0.2, 0.25) is 5.91 Å². The van der Waals surface area contributed by atoms with Gasteiger partial charge in [-0.1, -0.05) is 17.7 Å². The van der Waals surface area contributed by atoms with E-state index in [1.54, 1.807) is 18.2 Å². The van der Waals surface area contributed by atoms with E-state index in [0.29, 0.717) is 5.56 Å². The molecule has 1 aliphatic rings. The number of rotatable bonds is 4. The predicted molar refractivity (Wildman–Crippen MR) is 72.5 cm³/mol. The zero-order valence-electron chi connectivity index (χ0n) is 11.2. The third-order valence-electron chi connectivity index (χ3n) is 2.96. The molecule has 0 aliphatic heterocycles. The fraction of sp³-hybridized carbons (Fsp3) is 0.357. The number of aryl methyl sites for hydroxylation is 1. The zero-order chi connectivity index (χ0) is 14.5. The highest BCUT2D eigenvalue weighted by atomic mass is 16.2. The van der Waals surface area contributed by atoms with Gasteiger partial charge in [-0.2, -0.15) is 0 Å². The lowest BCUT2D eigenvalue weighted by Crippen LogP contribution is -2.46. The van der Waals surface area contributed by atoms with Crippen molar-refractivity contribution in [1.29, 1.82) is 0 Å². The Morgan fingerprint density at radius 3 is 2.60 bits per heavy atom. The molecular formula is C14H17N3O3. The maximum Gasteiger partial charge on any atom is 0.257 e. The Hall–Kier alpha value is -2.37. The molecule has 2 rings (SSSR count). The van der Waals surface area contributed by atoms with Crippen molar-refractivity contribution in [3.05, 3.63) is 35.4 Å². The molecule has 0 atom stereocenters. The van der Waals surface area contributed by atoms with E-state index in [9.17, 15) is 14.4 Å². The normalized spacial score (nSPS) is 13.4. The molecule has 1 fully saturated rings. The van der Waals surface area contributed by atoms with Gasteiger partial charge in [-0.3, -0.25) is 25.2 Å². The Morgan fingerprint density at radius 2 is 1.95 bits per heavy atom. The van der Waals surface area contributed by atoms with Crippen LogP contribution in [0.15, 0.2) is 24.3 Å². The summed E-state index contributed by atoms with van der Waals surface area (Å²) in [5.74, 6) is -0.932. The second kappa shape index (κ2) is 6.18. The molecule has 0 unspecified atom stereocenters. The van der Waals surface area contributed by atoms with Crippen LogP contribution in [0.4, 0.5) is 0 Å². The number of hydrazine groups is 1. The Morgan fingerprint density at radius 1 is 1.20 bits per heavy atom. The van der Waals surface area contributed by atoms with Crippen LogP contribution in [0.5, 0.6) is 0 Å². The number of amides is 3. The Balaban J connectivity index is 1.72. The number of carbonyl (C=O) groups is 3. The fourth-order valence-electron chi connectivity index (χ4n) is 1.67. The van der Waals surface area contributed by atoms with Crippen molar-refractivity contribution in [3.63, 3.8) is 0 Å². The van der Waals surface area contributed by atoms with Crippen LogP contribution >= 0.6 is 0 Å². The second-order valence-corrected chi connectivity index (χ2v) is 4.86. The van der Waals surface area contributed by atoms with Crippen molar-refractivity contribution in [3.8, 4) is 0 Å². The first-order valence-corrected chi connectivity index (χ1v) is 6.50. The summed E-state index contributed by atoms with van der Waals surface area (Å²) < 4.78 is 0. The molecule has 6 nitrogen and oxygen atoms in total. The maximum absolute atomic E-state index is 11.8. The third kappa shape index (κ3) is 4.08. The summed E-state index contributed by atoms with van der Waals surface area (Å²) in [5.41, 5.74) is 6.07. The van der Waals surface area contributed by atoms with Crippen molar-refractivity contribution in [2.24, 2.45) is 5.92 Å². The van der Waals surface area contributed by atoms with Gasteiger partial charge in [-0.25, -0.2) is 0 Å². The SMILES string of the molecule is Cc1cccc(C(=O)NCC(=O)NNC(=O)C2CC2)c1. The summed E-state index contributed by atoms with van der Waals surface area (Å²) >= 11 is 0. The van der Waals surface area contributed by atoms with Crippen LogP contribution in [0.1, 0.15) is 28.8 Å². The van der Waals surface area contributed by atoms with Crippen molar-refractivity contribution in [2.75, 3.05) is 6.54 Å². The molecule has 3 N–H and O–H groups in total. The summed E-state index contributed by atoms with van der Waals surface area (Å²) in [6.07, 6.45) is 1.73. The molecule has 6 heteroatoms. The van der Waals surface area contributed by atoms with Gasteiger partial charge in [0.1, 0.15) is 0 Å². The number of benzene rings is 1. The monoisotopic (exact) mass is 275 g/mol. The van der Waals surface area contributed by atoms with Gasteiger partial charge in [0.15, 0.2) is 0 Å². The topological polar surface area (TPSA) is 87.3 Å². The van der Waals surface area contributed by atoms with Crippen molar-refractivity contribution < 1.29 is 14.4 Å². The van der Waals surface area contributed by atoms with Gasteiger partial charge in [-0.05, 0) is 31.9 Å². The molecule has 0 spiro atoms. The minimum atomic E-state index is -0.458. The molecule has 0 aromatic heterocycles. The van der Waals surface area contributed by atoms with Crippen molar-refractivity contribution in [2.45, 2.75) is 19.8 Å². The van der Waals surface area contributed by atoms with Crippen molar-refractivity contribution in [1.82, 2.24) is 16.2 Å². The molecule has 1 aromatic rings.